The average Bonchev–Trinajstić information content (AvgIpc) is 2.57. The number of hydrogen-bond donors (Lipinski definition) is 2. The first-order chi connectivity index (χ1) is 11.4. The molecule has 0 aliphatic rings. The first-order valence-corrected chi connectivity index (χ1v) is 7.85. The summed E-state index contributed by atoms with van der Waals surface area (Å²) in [5, 5.41) is 0.533. The highest BCUT2D eigenvalue weighted by molar-refractivity contribution is 6.30. The van der Waals surface area contributed by atoms with Gasteiger partial charge in [0.05, 0.1) is 0 Å². The van der Waals surface area contributed by atoms with Crippen molar-refractivity contribution in [2.24, 2.45) is 0 Å². The van der Waals surface area contributed by atoms with E-state index in [2.05, 4.69) is 10.9 Å². The van der Waals surface area contributed by atoms with Crippen LogP contribution in [-0.2, 0) is 4.79 Å². The van der Waals surface area contributed by atoms with E-state index in [4.69, 9.17) is 16.3 Å². The molecule has 0 aromatic heterocycles. The second-order valence-electron chi connectivity index (χ2n) is 5.41. The van der Waals surface area contributed by atoms with Crippen molar-refractivity contribution in [1.29, 1.82) is 0 Å². The standard InChI is InChI=1S/C18H19ClN2O3/c1-11-5-4-6-16(12(11)2)24-13(3)17(22)20-21-18(23)14-7-9-15(19)10-8-14/h4-10,13H,1-3H3,(H,20,22)(H,21,23). The molecule has 0 bridgehead atoms. The third kappa shape index (κ3) is 4.49. The van der Waals surface area contributed by atoms with Crippen LogP contribution in [0.3, 0.4) is 0 Å². The quantitative estimate of drug-likeness (QED) is 0.835. The van der Waals surface area contributed by atoms with Crippen LogP contribution in [0, 0.1) is 13.8 Å². The highest BCUT2D eigenvalue weighted by Crippen LogP contribution is 2.21. The number of carbonyl (C=O) groups excluding carboxylic acids is 2. The minimum absolute atomic E-state index is 0.391. The van der Waals surface area contributed by atoms with E-state index < -0.39 is 17.9 Å². The lowest BCUT2D eigenvalue weighted by atomic mass is 10.1. The fraction of sp³-hybridized carbons (Fsp3) is 0.222. The topological polar surface area (TPSA) is 67.4 Å². The Labute approximate surface area is 145 Å². The number of carbonyl (C=O) groups is 2. The molecule has 6 heteroatoms. The van der Waals surface area contributed by atoms with Gasteiger partial charge in [-0.1, -0.05) is 23.7 Å². The van der Waals surface area contributed by atoms with E-state index in [-0.39, 0.29) is 0 Å². The van der Waals surface area contributed by atoms with Gasteiger partial charge in [-0.2, -0.15) is 0 Å². The minimum atomic E-state index is -0.754. The summed E-state index contributed by atoms with van der Waals surface area (Å²) in [5.74, 6) is -0.237. The van der Waals surface area contributed by atoms with Crippen LogP contribution in [0.5, 0.6) is 5.75 Å². The SMILES string of the molecule is Cc1cccc(OC(C)C(=O)NNC(=O)c2ccc(Cl)cc2)c1C. The number of nitrogens with one attached hydrogen (secondary N) is 2. The second kappa shape index (κ2) is 7.84. The Morgan fingerprint density at radius 2 is 1.71 bits per heavy atom. The lowest BCUT2D eigenvalue weighted by Crippen LogP contribution is -2.47. The molecule has 0 aliphatic carbocycles. The highest BCUT2D eigenvalue weighted by atomic mass is 35.5. The van der Waals surface area contributed by atoms with Crippen molar-refractivity contribution in [3.05, 3.63) is 64.2 Å². The van der Waals surface area contributed by atoms with Crippen LogP contribution in [0.15, 0.2) is 42.5 Å². The molecule has 126 valence electrons. The molecule has 2 aromatic rings. The summed E-state index contributed by atoms with van der Waals surface area (Å²) < 4.78 is 5.66. The normalized spacial score (nSPS) is 11.5. The second-order valence-corrected chi connectivity index (χ2v) is 5.84. The highest BCUT2D eigenvalue weighted by Gasteiger charge is 2.17. The number of rotatable bonds is 4. The van der Waals surface area contributed by atoms with Crippen molar-refractivity contribution in [1.82, 2.24) is 10.9 Å². The van der Waals surface area contributed by atoms with Gasteiger partial charge in [0, 0.05) is 10.6 Å². The summed E-state index contributed by atoms with van der Waals surface area (Å²) in [5.41, 5.74) is 7.15. The molecule has 1 unspecified atom stereocenters. The molecule has 2 amide bonds. The van der Waals surface area contributed by atoms with Gasteiger partial charge in [-0.05, 0) is 62.2 Å². The third-order valence-electron chi connectivity index (χ3n) is 3.63. The summed E-state index contributed by atoms with van der Waals surface area (Å²) in [6, 6.07) is 12.0. The lowest BCUT2D eigenvalue weighted by molar-refractivity contribution is -0.128. The van der Waals surface area contributed by atoms with Gasteiger partial charge in [-0.3, -0.25) is 20.4 Å². The zero-order valence-electron chi connectivity index (χ0n) is 13.7. The molecule has 0 saturated carbocycles. The van der Waals surface area contributed by atoms with E-state index in [1.54, 1.807) is 37.3 Å². The maximum absolute atomic E-state index is 12.1. The van der Waals surface area contributed by atoms with Gasteiger partial charge in [-0.15, -0.1) is 0 Å². The van der Waals surface area contributed by atoms with Crippen molar-refractivity contribution in [3.8, 4) is 5.75 Å². The Kier molecular flexibility index (Phi) is 5.82. The Bertz CT molecular complexity index is 744. The van der Waals surface area contributed by atoms with Crippen LogP contribution in [-0.4, -0.2) is 17.9 Å². The molecule has 5 nitrogen and oxygen atoms in total. The largest absolute Gasteiger partial charge is 0.481 e. The number of amides is 2. The number of ether oxygens (including phenoxy) is 1. The monoisotopic (exact) mass is 346 g/mol. The fourth-order valence-corrected chi connectivity index (χ4v) is 2.12. The summed E-state index contributed by atoms with van der Waals surface area (Å²) in [6.07, 6.45) is -0.754. The van der Waals surface area contributed by atoms with Crippen molar-refractivity contribution in [2.75, 3.05) is 0 Å². The molecule has 0 radical (unpaired) electrons. The predicted molar refractivity (Wildman–Crippen MR) is 93.1 cm³/mol. The van der Waals surface area contributed by atoms with Crippen molar-refractivity contribution in [3.63, 3.8) is 0 Å². The Morgan fingerprint density at radius 3 is 2.38 bits per heavy atom. The third-order valence-corrected chi connectivity index (χ3v) is 3.89. The zero-order chi connectivity index (χ0) is 17.7. The average molecular weight is 347 g/mol. The van der Waals surface area contributed by atoms with Crippen LogP contribution in [0.2, 0.25) is 5.02 Å². The maximum Gasteiger partial charge on any atom is 0.279 e. The Morgan fingerprint density at radius 1 is 1.04 bits per heavy atom. The summed E-state index contributed by atoms with van der Waals surface area (Å²) in [6.45, 7) is 5.52. The first kappa shape index (κ1) is 17.8. The molecule has 2 rings (SSSR count). The van der Waals surface area contributed by atoms with Crippen LogP contribution in [0.25, 0.3) is 0 Å². The molecule has 0 saturated heterocycles. The fourth-order valence-electron chi connectivity index (χ4n) is 1.99. The van der Waals surface area contributed by atoms with Gasteiger partial charge >= 0.3 is 0 Å². The molecule has 0 heterocycles. The maximum atomic E-state index is 12.1. The van der Waals surface area contributed by atoms with E-state index >= 15 is 0 Å². The predicted octanol–water partition coefficient (Wildman–Crippen LogP) is 3.19. The van der Waals surface area contributed by atoms with Gasteiger partial charge in [0.25, 0.3) is 11.8 Å². The lowest BCUT2D eigenvalue weighted by Gasteiger charge is -2.17. The first-order valence-electron chi connectivity index (χ1n) is 7.47. The van der Waals surface area contributed by atoms with Crippen molar-refractivity contribution >= 4 is 23.4 Å². The molecule has 1 atom stereocenters. The van der Waals surface area contributed by atoms with E-state index in [1.807, 2.05) is 26.0 Å². The van der Waals surface area contributed by atoms with Gasteiger partial charge < -0.3 is 4.74 Å². The van der Waals surface area contributed by atoms with Gasteiger partial charge in [-0.25, -0.2) is 0 Å². The number of hydrazine groups is 1. The number of halogens is 1. The minimum Gasteiger partial charge on any atom is -0.481 e. The van der Waals surface area contributed by atoms with E-state index in [1.165, 1.54) is 0 Å². The molecule has 24 heavy (non-hydrogen) atoms. The molecular formula is C18H19ClN2O3. The van der Waals surface area contributed by atoms with E-state index in [0.29, 0.717) is 16.3 Å². The molecule has 0 fully saturated rings. The van der Waals surface area contributed by atoms with Crippen LogP contribution in [0.1, 0.15) is 28.4 Å². The molecule has 0 aliphatic heterocycles. The molecule has 0 spiro atoms. The Hall–Kier alpha value is -2.53. The van der Waals surface area contributed by atoms with Crippen LogP contribution >= 0.6 is 11.6 Å². The van der Waals surface area contributed by atoms with Crippen molar-refractivity contribution < 1.29 is 14.3 Å². The van der Waals surface area contributed by atoms with E-state index in [9.17, 15) is 9.59 Å². The number of hydrogen-bond acceptors (Lipinski definition) is 3. The van der Waals surface area contributed by atoms with Gasteiger partial charge in [0.2, 0.25) is 0 Å². The van der Waals surface area contributed by atoms with Gasteiger partial charge in [0.15, 0.2) is 6.10 Å². The smallest absolute Gasteiger partial charge is 0.279 e. The number of benzene rings is 2. The van der Waals surface area contributed by atoms with Crippen LogP contribution < -0.4 is 15.6 Å². The summed E-state index contributed by atoms with van der Waals surface area (Å²) in [4.78, 5) is 24.0. The van der Waals surface area contributed by atoms with Crippen molar-refractivity contribution in [2.45, 2.75) is 26.9 Å². The summed E-state index contributed by atoms with van der Waals surface area (Å²) in [7, 11) is 0. The number of aryl methyl sites for hydroxylation is 1. The zero-order valence-corrected chi connectivity index (χ0v) is 14.5. The van der Waals surface area contributed by atoms with Gasteiger partial charge in [0.1, 0.15) is 5.75 Å². The summed E-state index contributed by atoms with van der Waals surface area (Å²) >= 11 is 5.77. The van der Waals surface area contributed by atoms with E-state index in [0.717, 1.165) is 11.1 Å². The molecular weight excluding hydrogens is 328 g/mol. The Balaban J connectivity index is 1.91. The van der Waals surface area contributed by atoms with Crippen LogP contribution in [0.4, 0.5) is 0 Å². The molecule has 2 N–H and O–H groups in total. The molecule has 2 aromatic carbocycles.